The summed E-state index contributed by atoms with van der Waals surface area (Å²) in [5.41, 5.74) is 4.68. The number of halogens is 5. The second-order valence-corrected chi connectivity index (χ2v) is 7.54. The SMILES string of the molecule is Cc1nn(-c2c(Cl)cc(C(F)(F)F)cc2Cl)c(N)c1S(C)(=O)=O. The molecule has 1 aromatic heterocycles. The first-order chi connectivity index (χ1) is 10.3. The molecule has 126 valence electrons. The maximum Gasteiger partial charge on any atom is 0.416 e. The lowest BCUT2D eigenvalue weighted by molar-refractivity contribution is -0.137. The Morgan fingerprint density at radius 2 is 1.70 bits per heavy atom. The van der Waals surface area contributed by atoms with Crippen molar-refractivity contribution in [3.8, 4) is 5.69 Å². The number of aromatic nitrogens is 2. The minimum atomic E-state index is -4.63. The summed E-state index contributed by atoms with van der Waals surface area (Å²) in [6, 6.07) is 1.33. The first-order valence-corrected chi connectivity index (χ1v) is 8.60. The van der Waals surface area contributed by atoms with Gasteiger partial charge in [-0.3, -0.25) is 0 Å². The average molecular weight is 388 g/mol. The predicted molar refractivity (Wildman–Crippen MR) is 80.8 cm³/mol. The number of nitrogens with two attached hydrogens (primary N) is 1. The Balaban J connectivity index is 2.75. The molecule has 11 heteroatoms. The number of sulfone groups is 1. The number of rotatable bonds is 2. The zero-order chi connectivity index (χ0) is 17.7. The van der Waals surface area contributed by atoms with Gasteiger partial charge in [0, 0.05) is 6.26 Å². The average Bonchev–Trinajstić information content (AvgIpc) is 2.62. The Kier molecular flexibility index (Phi) is 4.33. The van der Waals surface area contributed by atoms with Crippen molar-refractivity contribution in [2.24, 2.45) is 0 Å². The van der Waals surface area contributed by atoms with Crippen molar-refractivity contribution in [3.05, 3.63) is 33.4 Å². The van der Waals surface area contributed by atoms with Crippen molar-refractivity contribution in [3.63, 3.8) is 0 Å². The van der Waals surface area contributed by atoms with Crippen LogP contribution in [0, 0.1) is 6.92 Å². The van der Waals surface area contributed by atoms with Crippen LogP contribution in [0.5, 0.6) is 0 Å². The van der Waals surface area contributed by atoms with E-state index in [1.165, 1.54) is 6.92 Å². The van der Waals surface area contributed by atoms with Crippen LogP contribution in [0.15, 0.2) is 17.0 Å². The Morgan fingerprint density at radius 3 is 2.04 bits per heavy atom. The predicted octanol–water partition coefficient (Wildman–Crippen LogP) is 3.49. The zero-order valence-electron chi connectivity index (χ0n) is 11.7. The summed E-state index contributed by atoms with van der Waals surface area (Å²) < 4.78 is 62.6. The molecule has 23 heavy (non-hydrogen) atoms. The smallest absolute Gasteiger partial charge is 0.382 e. The Labute approximate surface area is 139 Å². The van der Waals surface area contributed by atoms with Gasteiger partial charge < -0.3 is 5.73 Å². The third-order valence-electron chi connectivity index (χ3n) is 2.97. The van der Waals surface area contributed by atoms with Gasteiger partial charge in [-0.1, -0.05) is 23.2 Å². The second kappa shape index (κ2) is 5.57. The van der Waals surface area contributed by atoms with E-state index in [4.69, 9.17) is 28.9 Å². The second-order valence-electron chi connectivity index (χ2n) is 4.77. The van der Waals surface area contributed by atoms with Crippen LogP contribution in [0.3, 0.4) is 0 Å². The quantitative estimate of drug-likeness (QED) is 0.855. The van der Waals surface area contributed by atoms with Crippen molar-refractivity contribution >= 4 is 38.9 Å². The Bertz CT molecular complexity index is 869. The summed E-state index contributed by atoms with van der Waals surface area (Å²) in [6.45, 7) is 1.40. The van der Waals surface area contributed by atoms with Crippen LogP contribution < -0.4 is 5.73 Å². The summed E-state index contributed by atoms with van der Waals surface area (Å²) in [6.07, 6.45) is -3.69. The molecule has 0 bridgehead atoms. The number of benzene rings is 1. The van der Waals surface area contributed by atoms with E-state index in [2.05, 4.69) is 5.10 Å². The van der Waals surface area contributed by atoms with E-state index in [1.54, 1.807) is 0 Å². The molecule has 0 amide bonds. The minimum absolute atomic E-state index is 0.0806. The number of anilines is 1. The van der Waals surface area contributed by atoms with Crippen molar-refractivity contribution in [1.29, 1.82) is 0 Å². The van der Waals surface area contributed by atoms with Crippen LogP contribution in [0.1, 0.15) is 11.3 Å². The summed E-state index contributed by atoms with van der Waals surface area (Å²) >= 11 is 11.7. The molecule has 0 aliphatic heterocycles. The van der Waals surface area contributed by atoms with Crippen molar-refractivity contribution in [1.82, 2.24) is 9.78 Å². The van der Waals surface area contributed by atoms with Crippen LogP contribution in [0.2, 0.25) is 10.0 Å². The highest BCUT2D eigenvalue weighted by atomic mass is 35.5. The molecule has 2 aromatic rings. The van der Waals surface area contributed by atoms with Gasteiger partial charge in [0.1, 0.15) is 16.4 Å². The number of nitrogens with zero attached hydrogens (tertiary/aromatic N) is 2. The summed E-state index contributed by atoms with van der Waals surface area (Å²) in [4.78, 5) is -0.232. The molecule has 1 aromatic carbocycles. The Hall–Kier alpha value is -1.45. The van der Waals surface area contributed by atoms with Crippen molar-refractivity contribution in [2.45, 2.75) is 18.0 Å². The summed E-state index contributed by atoms with van der Waals surface area (Å²) in [5.74, 6) is -0.284. The maximum absolute atomic E-state index is 12.7. The molecular weight excluding hydrogens is 378 g/mol. The summed E-state index contributed by atoms with van der Waals surface area (Å²) in [5, 5.41) is 3.20. The molecule has 0 unspecified atom stereocenters. The van der Waals surface area contributed by atoms with E-state index < -0.39 is 21.6 Å². The van der Waals surface area contributed by atoms with Gasteiger partial charge in [-0.2, -0.15) is 18.3 Å². The molecule has 2 rings (SSSR count). The van der Waals surface area contributed by atoms with E-state index in [9.17, 15) is 21.6 Å². The normalized spacial score (nSPS) is 12.7. The Morgan fingerprint density at radius 1 is 1.22 bits per heavy atom. The van der Waals surface area contributed by atoms with Gasteiger partial charge in [-0.25, -0.2) is 13.1 Å². The van der Waals surface area contributed by atoms with Crippen LogP contribution in [0.25, 0.3) is 5.69 Å². The van der Waals surface area contributed by atoms with Gasteiger partial charge in [0.05, 0.1) is 21.3 Å². The van der Waals surface area contributed by atoms with Crippen molar-refractivity contribution in [2.75, 3.05) is 12.0 Å². The fraction of sp³-hybridized carbons (Fsp3) is 0.250. The lowest BCUT2D eigenvalue weighted by Crippen LogP contribution is -2.09. The fourth-order valence-corrected chi connectivity index (χ4v) is 3.78. The number of hydrogen-bond donors (Lipinski definition) is 1. The van der Waals surface area contributed by atoms with Gasteiger partial charge in [0.2, 0.25) is 0 Å². The highest BCUT2D eigenvalue weighted by Crippen LogP contribution is 2.39. The van der Waals surface area contributed by atoms with Gasteiger partial charge in [-0.15, -0.1) is 0 Å². The molecule has 0 radical (unpaired) electrons. The van der Waals surface area contributed by atoms with Crippen LogP contribution in [-0.4, -0.2) is 24.5 Å². The molecule has 0 fully saturated rings. The highest BCUT2D eigenvalue weighted by molar-refractivity contribution is 7.91. The van der Waals surface area contributed by atoms with E-state index in [1.807, 2.05) is 0 Å². The van der Waals surface area contributed by atoms with Gasteiger partial charge >= 0.3 is 6.18 Å². The van der Waals surface area contributed by atoms with Gasteiger partial charge in [0.25, 0.3) is 0 Å². The lowest BCUT2D eigenvalue weighted by Gasteiger charge is -2.13. The topological polar surface area (TPSA) is 78.0 Å². The fourth-order valence-electron chi connectivity index (χ4n) is 2.09. The lowest BCUT2D eigenvalue weighted by atomic mass is 10.2. The monoisotopic (exact) mass is 387 g/mol. The molecule has 0 saturated carbocycles. The highest BCUT2D eigenvalue weighted by Gasteiger charge is 2.33. The molecule has 1 heterocycles. The molecule has 0 aliphatic carbocycles. The number of alkyl halides is 3. The third kappa shape index (κ3) is 3.26. The molecule has 5 nitrogen and oxygen atoms in total. The first-order valence-electron chi connectivity index (χ1n) is 5.95. The van der Waals surface area contributed by atoms with Crippen LogP contribution in [0.4, 0.5) is 19.0 Å². The standard InChI is InChI=1S/C12H10Cl2F3N3O2S/c1-5-10(23(2,21)22)11(18)20(19-5)9-7(13)3-6(4-8(9)14)12(15,16)17/h3-4H,18H2,1-2H3. The minimum Gasteiger partial charge on any atom is -0.382 e. The largest absolute Gasteiger partial charge is 0.416 e. The number of nitrogen functional groups attached to an aromatic ring is 1. The number of hydrogen-bond acceptors (Lipinski definition) is 4. The van der Waals surface area contributed by atoms with E-state index in [0.717, 1.165) is 10.9 Å². The number of aryl methyl sites for hydroxylation is 1. The summed E-state index contributed by atoms with van der Waals surface area (Å²) in [7, 11) is -3.68. The van der Waals surface area contributed by atoms with E-state index in [-0.39, 0.29) is 32.1 Å². The van der Waals surface area contributed by atoms with Crippen molar-refractivity contribution < 1.29 is 21.6 Å². The molecule has 0 aliphatic rings. The van der Waals surface area contributed by atoms with Gasteiger partial charge in [0.15, 0.2) is 9.84 Å². The zero-order valence-corrected chi connectivity index (χ0v) is 14.1. The molecule has 0 atom stereocenters. The maximum atomic E-state index is 12.7. The van der Waals surface area contributed by atoms with E-state index >= 15 is 0 Å². The molecule has 2 N–H and O–H groups in total. The molecule has 0 saturated heterocycles. The van der Waals surface area contributed by atoms with E-state index in [0.29, 0.717) is 12.1 Å². The third-order valence-corrected chi connectivity index (χ3v) is 4.79. The van der Waals surface area contributed by atoms with Crippen LogP contribution in [-0.2, 0) is 16.0 Å². The molecule has 0 spiro atoms. The van der Waals surface area contributed by atoms with Crippen LogP contribution >= 0.6 is 23.2 Å². The first kappa shape index (κ1) is 17.9. The van der Waals surface area contributed by atoms with Gasteiger partial charge in [-0.05, 0) is 19.1 Å². The molecular formula is C12H10Cl2F3N3O2S.